The number of ether oxygens (including phenoxy) is 1. The summed E-state index contributed by atoms with van der Waals surface area (Å²) in [6.45, 7) is 3.02. The van der Waals surface area contributed by atoms with E-state index in [-0.39, 0.29) is 11.4 Å². The van der Waals surface area contributed by atoms with Crippen molar-refractivity contribution in [2.24, 2.45) is 7.05 Å². The number of benzene rings is 2. The Labute approximate surface area is 171 Å². The van der Waals surface area contributed by atoms with Crippen LogP contribution in [0.1, 0.15) is 5.56 Å². The van der Waals surface area contributed by atoms with Crippen LogP contribution in [-0.2, 0) is 22.8 Å². The first-order valence-corrected chi connectivity index (χ1v) is 9.55. The molecule has 2 aromatic carbocycles. The Kier molecular flexibility index (Phi) is 5.48. The number of aromatic nitrogens is 2. The third kappa shape index (κ3) is 4.31. The molecule has 1 N–H and O–H groups in total. The zero-order valence-corrected chi connectivity index (χ0v) is 16.4. The molecule has 0 aliphatic carbocycles. The normalized spacial score (nSPS) is 15.5. The van der Waals surface area contributed by atoms with Gasteiger partial charge in [-0.25, -0.2) is 4.98 Å². The highest BCUT2D eigenvalue weighted by Gasteiger charge is 2.31. The van der Waals surface area contributed by atoms with Gasteiger partial charge in [-0.05, 0) is 42.5 Å². The van der Waals surface area contributed by atoms with Gasteiger partial charge in [0.25, 0.3) is 0 Å². The topological polar surface area (TPSA) is 59.4 Å². The van der Waals surface area contributed by atoms with Gasteiger partial charge in [-0.1, -0.05) is 0 Å². The van der Waals surface area contributed by atoms with Gasteiger partial charge >= 0.3 is 6.18 Å². The summed E-state index contributed by atoms with van der Waals surface area (Å²) in [5, 5.41) is 2.86. The second-order valence-corrected chi connectivity index (χ2v) is 7.21. The quantitative estimate of drug-likeness (QED) is 0.704. The Morgan fingerprint density at radius 2 is 1.83 bits per heavy atom. The molecule has 0 unspecified atom stereocenters. The minimum absolute atomic E-state index is 0.105. The van der Waals surface area contributed by atoms with E-state index < -0.39 is 11.7 Å². The Morgan fingerprint density at radius 3 is 2.50 bits per heavy atom. The maximum Gasteiger partial charge on any atom is 0.416 e. The fourth-order valence-electron chi connectivity index (χ4n) is 3.50. The number of nitrogens with zero attached hydrogens (tertiary/aromatic N) is 3. The van der Waals surface area contributed by atoms with Crippen molar-refractivity contribution in [3.8, 4) is 11.4 Å². The van der Waals surface area contributed by atoms with Crippen molar-refractivity contribution in [2.75, 3.05) is 38.2 Å². The predicted molar refractivity (Wildman–Crippen MR) is 107 cm³/mol. The molecule has 0 spiro atoms. The first-order chi connectivity index (χ1) is 14.3. The van der Waals surface area contributed by atoms with Crippen molar-refractivity contribution in [2.45, 2.75) is 6.18 Å². The molecule has 0 atom stereocenters. The van der Waals surface area contributed by atoms with Gasteiger partial charge in [0.1, 0.15) is 5.82 Å². The molecule has 1 saturated heterocycles. The number of carbonyl (C=O) groups is 1. The molecule has 1 aliphatic rings. The van der Waals surface area contributed by atoms with E-state index in [0.717, 1.165) is 30.8 Å². The minimum Gasteiger partial charge on any atom is -0.379 e. The number of morpholine rings is 1. The molecule has 3 aromatic rings. The van der Waals surface area contributed by atoms with Gasteiger partial charge < -0.3 is 14.6 Å². The molecule has 2 heterocycles. The van der Waals surface area contributed by atoms with Crippen LogP contribution in [0.2, 0.25) is 0 Å². The molecule has 9 heteroatoms. The number of carbonyl (C=O) groups excluding carboxylic acids is 1. The van der Waals surface area contributed by atoms with Crippen molar-refractivity contribution in [3.63, 3.8) is 0 Å². The molecule has 0 bridgehead atoms. The molecule has 0 saturated carbocycles. The lowest BCUT2D eigenvalue weighted by Gasteiger charge is -2.25. The van der Waals surface area contributed by atoms with Crippen molar-refractivity contribution < 1.29 is 22.7 Å². The molecule has 1 aromatic heterocycles. The van der Waals surface area contributed by atoms with E-state index in [1.807, 2.05) is 4.90 Å². The van der Waals surface area contributed by atoms with E-state index in [2.05, 4.69) is 10.3 Å². The van der Waals surface area contributed by atoms with Crippen LogP contribution in [0.15, 0.2) is 42.5 Å². The molecule has 1 aliphatic heterocycles. The van der Waals surface area contributed by atoms with Crippen molar-refractivity contribution in [3.05, 3.63) is 48.0 Å². The highest BCUT2D eigenvalue weighted by molar-refractivity contribution is 5.92. The summed E-state index contributed by atoms with van der Waals surface area (Å²) in [7, 11) is 1.76. The maximum atomic E-state index is 13.0. The van der Waals surface area contributed by atoms with Crippen LogP contribution in [0.4, 0.5) is 18.9 Å². The van der Waals surface area contributed by atoms with Crippen molar-refractivity contribution in [1.29, 1.82) is 0 Å². The number of amides is 1. The molecule has 0 radical (unpaired) electrons. The number of alkyl halides is 3. The summed E-state index contributed by atoms with van der Waals surface area (Å²) in [6, 6.07) is 10.6. The first kappa shape index (κ1) is 20.4. The second-order valence-electron chi connectivity index (χ2n) is 7.21. The Morgan fingerprint density at radius 1 is 1.13 bits per heavy atom. The molecule has 30 heavy (non-hydrogen) atoms. The average molecular weight is 418 g/mol. The third-order valence-electron chi connectivity index (χ3n) is 5.11. The molecule has 158 valence electrons. The van der Waals surface area contributed by atoms with Crippen molar-refractivity contribution in [1.82, 2.24) is 14.5 Å². The highest BCUT2D eigenvalue weighted by atomic mass is 19.4. The molecular formula is C21H21F3N4O2. The number of rotatable bonds is 4. The Hall–Kier alpha value is -2.91. The summed E-state index contributed by atoms with van der Waals surface area (Å²) in [5.41, 5.74) is 1.56. The molecule has 6 nitrogen and oxygen atoms in total. The maximum absolute atomic E-state index is 13.0. The number of nitrogens with one attached hydrogen (secondary N) is 1. The van der Waals surface area contributed by atoms with Crippen LogP contribution in [-0.4, -0.2) is 53.2 Å². The van der Waals surface area contributed by atoms with Crippen LogP contribution in [0.5, 0.6) is 0 Å². The number of hydrogen-bond donors (Lipinski definition) is 1. The summed E-state index contributed by atoms with van der Waals surface area (Å²) in [6.07, 6.45) is -4.41. The predicted octanol–water partition coefficient (Wildman–Crippen LogP) is 3.53. The lowest BCUT2D eigenvalue weighted by atomic mass is 10.2. The standard InChI is InChI=1S/C21H21F3N4O2/c1-27-18-7-4-15(21(22,23)24)12-17(18)26-20(27)14-2-5-16(6-3-14)25-19(29)13-28-8-10-30-11-9-28/h2-7,12H,8-11,13H2,1H3,(H,25,29). The van der Waals surface area contributed by atoms with Crippen molar-refractivity contribution >= 4 is 22.6 Å². The summed E-state index contributed by atoms with van der Waals surface area (Å²) < 4.78 is 45.9. The molecule has 4 rings (SSSR count). The number of aryl methyl sites for hydroxylation is 1. The zero-order chi connectivity index (χ0) is 21.3. The molecule has 1 amide bonds. The lowest BCUT2D eigenvalue weighted by molar-refractivity contribution is -0.137. The van der Waals surface area contributed by atoms with Gasteiger partial charge in [-0.15, -0.1) is 0 Å². The van der Waals surface area contributed by atoms with E-state index in [9.17, 15) is 18.0 Å². The molecular weight excluding hydrogens is 397 g/mol. The number of imidazole rings is 1. The van der Waals surface area contributed by atoms with Crippen LogP contribution in [0, 0.1) is 0 Å². The van der Waals surface area contributed by atoms with E-state index in [1.54, 1.807) is 35.9 Å². The smallest absolute Gasteiger partial charge is 0.379 e. The third-order valence-corrected chi connectivity index (χ3v) is 5.11. The van der Waals surface area contributed by atoms with E-state index >= 15 is 0 Å². The van der Waals surface area contributed by atoms with E-state index in [0.29, 0.717) is 36.8 Å². The monoisotopic (exact) mass is 418 g/mol. The fraction of sp³-hybridized carbons (Fsp3) is 0.333. The van der Waals surface area contributed by atoms with E-state index in [4.69, 9.17) is 4.74 Å². The highest BCUT2D eigenvalue weighted by Crippen LogP contribution is 2.32. The van der Waals surface area contributed by atoms with Gasteiger partial charge in [-0.3, -0.25) is 9.69 Å². The van der Waals surface area contributed by atoms with Gasteiger partial charge in [0.05, 0.1) is 36.4 Å². The van der Waals surface area contributed by atoms with Crippen LogP contribution < -0.4 is 5.32 Å². The van der Waals surface area contributed by atoms with Gasteiger partial charge in [-0.2, -0.15) is 13.2 Å². The van der Waals surface area contributed by atoms with Gasteiger partial charge in [0, 0.05) is 31.4 Å². The van der Waals surface area contributed by atoms with E-state index in [1.165, 1.54) is 6.07 Å². The molecule has 1 fully saturated rings. The van der Waals surface area contributed by atoms with Crippen LogP contribution >= 0.6 is 0 Å². The second kappa shape index (κ2) is 8.08. The van der Waals surface area contributed by atoms with Crippen LogP contribution in [0.3, 0.4) is 0 Å². The number of fused-ring (bicyclic) bond motifs is 1. The van der Waals surface area contributed by atoms with Gasteiger partial charge in [0.2, 0.25) is 5.91 Å². The number of anilines is 1. The first-order valence-electron chi connectivity index (χ1n) is 9.55. The van der Waals surface area contributed by atoms with Gasteiger partial charge in [0.15, 0.2) is 0 Å². The average Bonchev–Trinajstić information content (AvgIpc) is 3.05. The summed E-state index contributed by atoms with van der Waals surface area (Å²) in [5.74, 6) is 0.447. The fourth-order valence-corrected chi connectivity index (χ4v) is 3.50. The zero-order valence-electron chi connectivity index (χ0n) is 16.4. The minimum atomic E-state index is -4.41. The van der Waals surface area contributed by atoms with Crippen LogP contribution in [0.25, 0.3) is 22.4 Å². The lowest BCUT2D eigenvalue weighted by Crippen LogP contribution is -2.41. The Bertz CT molecular complexity index is 1050. The number of hydrogen-bond acceptors (Lipinski definition) is 4. The largest absolute Gasteiger partial charge is 0.416 e. The SMILES string of the molecule is Cn1c(-c2ccc(NC(=O)CN3CCOCC3)cc2)nc2cc(C(F)(F)F)ccc21. The Balaban J connectivity index is 1.50. The summed E-state index contributed by atoms with van der Waals surface area (Å²) in [4.78, 5) is 18.6. The summed E-state index contributed by atoms with van der Waals surface area (Å²) >= 11 is 0. The number of halogens is 3.